The van der Waals surface area contributed by atoms with Gasteiger partial charge in [-0.1, -0.05) is 42.1 Å². The van der Waals surface area contributed by atoms with Crippen molar-refractivity contribution < 1.29 is 4.79 Å². The molecular weight excluding hydrogens is 234 g/mol. The maximum atomic E-state index is 11.7. The van der Waals surface area contributed by atoms with Gasteiger partial charge in [0.15, 0.2) is 10.9 Å². The van der Waals surface area contributed by atoms with Crippen LogP contribution in [0.1, 0.15) is 10.4 Å². The molecule has 2 rings (SSSR count). The van der Waals surface area contributed by atoms with Crippen molar-refractivity contribution in [3.05, 3.63) is 53.7 Å². The Balaban J connectivity index is 1.98. The first-order valence-electron chi connectivity index (χ1n) is 5.04. The first kappa shape index (κ1) is 11.6. The Bertz CT molecular complexity index is 534. The lowest BCUT2D eigenvalue weighted by atomic mass is 10.1. The first-order valence-corrected chi connectivity index (χ1v) is 5.92. The van der Waals surface area contributed by atoms with E-state index in [1.807, 2.05) is 25.2 Å². The van der Waals surface area contributed by atoms with Crippen LogP contribution in [0.15, 0.2) is 53.3 Å². The van der Waals surface area contributed by atoms with Gasteiger partial charge in [-0.15, -0.1) is 10.2 Å². The van der Waals surface area contributed by atoms with Crippen LogP contribution in [0.4, 0.5) is 0 Å². The average molecular weight is 245 g/mol. The van der Waals surface area contributed by atoms with E-state index in [4.69, 9.17) is 0 Å². The highest BCUT2D eigenvalue weighted by atomic mass is 32.2. The van der Waals surface area contributed by atoms with E-state index in [1.165, 1.54) is 17.8 Å². The van der Waals surface area contributed by atoms with Gasteiger partial charge < -0.3 is 4.57 Å². The van der Waals surface area contributed by atoms with Gasteiger partial charge in [-0.25, -0.2) is 0 Å². The van der Waals surface area contributed by atoms with Crippen LogP contribution in [0.5, 0.6) is 0 Å². The SMILES string of the molecule is Cn1cnnc1S/C=C/C(=O)c1ccccc1. The third kappa shape index (κ3) is 3.04. The number of carbonyl (C=O) groups excluding carboxylic acids is 1. The zero-order valence-electron chi connectivity index (χ0n) is 9.28. The van der Waals surface area contributed by atoms with Crippen LogP contribution in [0.2, 0.25) is 0 Å². The molecule has 86 valence electrons. The van der Waals surface area contributed by atoms with Crippen LogP contribution in [-0.2, 0) is 7.05 Å². The summed E-state index contributed by atoms with van der Waals surface area (Å²) in [6.45, 7) is 0. The van der Waals surface area contributed by atoms with Gasteiger partial charge in [-0.3, -0.25) is 4.79 Å². The molecule has 1 aromatic heterocycles. The molecule has 0 amide bonds. The Morgan fingerprint density at radius 3 is 2.76 bits per heavy atom. The largest absolute Gasteiger partial charge is 0.312 e. The van der Waals surface area contributed by atoms with Crippen molar-refractivity contribution >= 4 is 17.5 Å². The maximum absolute atomic E-state index is 11.7. The number of allylic oxidation sites excluding steroid dienone is 1. The molecule has 4 nitrogen and oxygen atoms in total. The van der Waals surface area contributed by atoms with Crippen LogP contribution in [0, 0.1) is 0 Å². The fourth-order valence-corrected chi connectivity index (χ4v) is 1.86. The molecule has 5 heteroatoms. The minimum Gasteiger partial charge on any atom is -0.312 e. The summed E-state index contributed by atoms with van der Waals surface area (Å²) >= 11 is 1.36. The number of aromatic nitrogens is 3. The lowest BCUT2D eigenvalue weighted by Crippen LogP contribution is -1.92. The monoisotopic (exact) mass is 245 g/mol. The van der Waals surface area contributed by atoms with Crippen molar-refractivity contribution in [1.29, 1.82) is 0 Å². The number of hydrogen-bond acceptors (Lipinski definition) is 4. The Hall–Kier alpha value is -1.88. The topological polar surface area (TPSA) is 47.8 Å². The van der Waals surface area contributed by atoms with E-state index >= 15 is 0 Å². The number of rotatable bonds is 4. The van der Waals surface area contributed by atoms with Crippen LogP contribution < -0.4 is 0 Å². The van der Waals surface area contributed by atoms with Crippen molar-refractivity contribution in [3.8, 4) is 0 Å². The van der Waals surface area contributed by atoms with Gasteiger partial charge in [-0.05, 0) is 11.5 Å². The molecule has 0 bridgehead atoms. The third-order valence-corrected chi connectivity index (χ3v) is 2.97. The molecule has 0 radical (unpaired) electrons. The lowest BCUT2D eigenvalue weighted by Gasteiger charge is -1.95. The fraction of sp³-hybridized carbons (Fsp3) is 0.0833. The molecule has 0 aliphatic carbocycles. The molecule has 1 heterocycles. The van der Waals surface area contributed by atoms with Gasteiger partial charge in [0.25, 0.3) is 0 Å². The number of benzene rings is 1. The number of ketones is 1. The molecular formula is C12H11N3OS. The highest BCUT2D eigenvalue weighted by Crippen LogP contribution is 2.15. The summed E-state index contributed by atoms with van der Waals surface area (Å²) < 4.78 is 1.79. The predicted molar refractivity (Wildman–Crippen MR) is 66.8 cm³/mol. The summed E-state index contributed by atoms with van der Waals surface area (Å²) in [6.07, 6.45) is 3.16. The van der Waals surface area contributed by atoms with Gasteiger partial charge in [0.2, 0.25) is 0 Å². The standard InChI is InChI=1S/C12H11N3OS/c1-15-9-13-14-12(15)17-8-7-11(16)10-5-3-2-4-6-10/h2-9H,1H3/b8-7+. The number of aryl methyl sites for hydroxylation is 1. The number of nitrogens with zero attached hydrogens (tertiary/aromatic N) is 3. The van der Waals surface area contributed by atoms with Gasteiger partial charge >= 0.3 is 0 Å². The van der Waals surface area contributed by atoms with E-state index in [0.29, 0.717) is 5.56 Å². The van der Waals surface area contributed by atoms with Gasteiger partial charge in [0, 0.05) is 12.6 Å². The molecule has 1 aromatic carbocycles. The number of thioether (sulfide) groups is 1. The Labute approximate surface area is 103 Å². The zero-order chi connectivity index (χ0) is 12.1. The molecule has 0 N–H and O–H groups in total. The lowest BCUT2D eigenvalue weighted by molar-refractivity contribution is 0.104. The summed E-state index contributed by atoms with van der Waals surface area (Å²) in [5.41, 5.74) is 0.683. The third-order valence-electron chi connectivity index (χ3n) is 2.12. The predicted octanol–water partition coefficient (Wildman–Crippen LogP) is 2.30. The molecule has 17 heavy (non-hydrogen) atoms. The number of hydrogen-bond donors (Lipinski definition) is 0. The average Bonchev–Trinajstić information content (AvgIpc) is 2.76. The van der Waals surface area contributed by atoms with Crippen molar-refractivity contribution in [2.75, 3.05) is 0 Å². The molecule has 0 saturated heterocycles. The highest BCUT2D eigenvalue weighted by Gasteiger charge is 2.01. The Morgan fingerprint density at radius 1 is 1.35 bits per heavy atom. The van der Waals surface area contributed by atoms with E-state index < -0.39 is 0 Å². The molecule has 0 aliphatic heterocycles. The second-order valence-corrected chi connectivity index (χ2v) is 4.25. The van der Waals surface area contributed by atoms with Crippen molar-refractivity contribution in [2.45, 2.75) is 5.16 Å². The molecule has 0 atom stereocenters. The maximum Gasteiger partial charge on any atom is 0.194 e. The van der Waals surface area contributed by atoms with Crippen LogP contribution in [0.25, 0.3) is 0 Å². The van der Waals surface area contributed by atoms with E-state index in [0.717, 1.165) is 5.16 Å². The van der Waals surface area contributed by atoms with Crippen molar-refractivity contribution in [3.63, 3.8) is 0 Å². The Morgan fingerprint density at radius 2 is 2.12 bits per heavy atom. The van der Waals surface area contributed by atoms with Crippen LogP contribution >= 0.6 is 11.8 Å². The minimum absolute atomic E-state index is 0.0136. The van der Waals surface area contributed by atoms with Crippen molar-refractivity contribution in [2.24, 2.45) is 7.05 Å². The summed E-state index contributed by atoms with van der Waals surface area (Å²) in [5, 5.41) is 10.1. The van der Waals surface area contributed by atoms with E-state index in [2.05, 4.69) is 10.2 Å². The van der Waals surface area contributed by atoms with Crippen molar-refractivity contribution in [1.82, 2.24) is 14.8 Å². The fourth-order valence-electron chi connectivity index (χ4n) is 1.23. The van der Waals surface area contributed by atoms with Gasteiger partial charge in [0.1, 0.15) is 6.33 Å². The van der Waals surface area contributed by atoms with E-state index in [-0.39, 0.29) is 5.78 Å². The molecule has 0 saturated carbocycles. The van der Waals surface area contributed by atoms with Gasteiger partial charge in [0.05, 0.1) is 0 Å². The second kappa shape index (κ2) is 5.45. The Kier molecular flexibility index (Phi) is 3.72. The van der Waals surface area contributed by atoms with E-state index in [1.54, 1.807) is 28.4 Å². The minimum atomic E-state index is -0.0136. The normalized spacial score (nSPS) is 10.9. The van der Waals surface area contributed by atoms with Gasteiger partial charge in [-0.2, -0.15) is 0 Å². The number of carbonyl (C=O) groups is 1. The summed E-state index contributed by atoms with van der Waals surface area (Å²) in [6, 6.07) is 9.15. The summed E-state index contributed by atoms with van der Waals surface area (Å²) in [7, 11) is 1.86. The smallest absolute Gasteiger partial charge is 0.194 e. The summed E-state index contributed by atoms with van der Waals surface area (Å²) in [4.78, 5) is 11.7. The quantitative estimate of drug-likeness (QED) is 0.471. The summed E-state index contributed by atoms with van der Waals surface area (Å²) in [5.74, 6) is -0.0136. The van der Waals surface area contributed by atoms with E-state index in [9.17, 15) is 4.79 Å². The van der Waals surface area contributed by atoms with Crippen LogP contribution in [-0.4, -0.2) is 20.5 Å². The molecule has 0 fully saturated rings. The molecule has 0 aliphatic rings. The first-order chi connectivity index (χ1) is 8.27. The molecule has 0 spiro atoms. The second-order valence-electron chi connectivity index (χ2n) is 3.38. The van der Waals surface area contributed by atoms with Crippen LogP contribution in [0.3, 0.4) is 0 Å². The zero-order valence-corrected chi connectivity index (χ0v) is 10.1. The highest BCUT2D eigenvalue weighted by molar-refractivity contribution is 8.02. The molecule has 0 unspecified atom stereocenters. The molecule has 2 aromatic rings.